The monoisotopic (exact) mass is 408 g/mol. The molecule has 3 rings (SSSR count). The van der Waals surface area contributed by atoms with Crippen molar-refractivity contribution in [2.45, 2.75) is 45.6 Å². The number of hydrogen-bond acceptors (Lipinski definition) is 4. The van der Waals surface area contributed by atoms with Gasteiger partial charge in [0.2, 0.25) is 0 Å². The maximum Gasteiger partial charge on any atom is 0.183 e. The van der Waals surface area contributed by atoms with Gasteiger partial charge in [-0.3, -0.25) is 9.69 Å². The molecule has 30 heavy (non-hydrogen) atoms. The lowest BCUT2D eigenvalue weighted by Gasteiger charge is -2.38. The molecule has 1 heterocycles. The Morgan fingerprint density at radius 1 is 1.03 bits per heavy atom. The van der Waals surface area contributed by atoms with Crippen LogP contribution < -0.4 is 4.90 Å². The minimum Gasteiger partial charge on any atom is -0.378 e. The summed E-state index contributed by atoms with van der Waals surface area (Å²) in [6.07, 6.45) is 2.50. The van der Waals surface area contributed by atoms with Crippen molar-refractivity contribution < 1.29 is 9.53 Å². The molecule has 1 atom stereocenters. The van der Waals surface area contributed by atoms with Crippen LogP contribution in [0.15, 0.2) is 42.5 Å². The molecule has 162 valence electrons. The van der Waals surface area contributed by atoms with Crippen molar-refractivity contribution >= 4 is 11.5 Å². The van der Waals surface area contributed by atoms with Crippen molar-refractivity contribution in [1.82, 2.24) is 4.90 Å². The molecule has 0 radical (unpaired) electrons. The third-order valence-electron chi connectivity index (χ3n) is 6.62. The number of rotatable bonds is 8. The number of morpholine rings is 1. The van der Waals surface area contributed by atoms with E-state index < -0.39 is 5.54 Å². The number of benzene rings is 2. The number of aryl methyl sites for hydroxylation is 2. The number of hydrogen-bond donors (Lipinski definition) is 0. The second-order valence-electron chi connectivity index (χ2n) is 8.55. The van der Waals surface area contributed by atoms with Crippen LogP contribution in [-0.4, -0.2) is 56.6 Å². The molecule has 0 amide bonds. The number of carbonyl (C=O) groups is 1. The zero-order valence-electron chi connectivity index (χ0n) is 19.2. The number of anilines is 1. The first kappa shape index (κ1) is 22.5. The van der Waals surface area contributed by atoms with Gasteiger partial charge in [0.25, 0.3) is 0 Å². The van der Waals surface area contributed by atoms with Crippen molar-refractivity contribution in [2.75, 3.05) is 45.3 Å². The van der Waals surface area contributed by atoms with Crippen LogP contribution >= 0.6 is 0 Å². The highest BCUT2D eigenvalue weighted by atomic mass is 16.5. The zero-order valence-corrected chi connectivity index (χ0v) is 19.2. The molecule has 1 fully saturated rings. The fraction of sp³-hybridized carbons (Fsp3) is 0.500. The van der Waals surface area contributed by atoms with Crippen LogP contribution in [0, 0.1) is 6.92 Å². The summed E-state index contributed by atoms with van der Waals surface area (Å²) in [7, 11) is 4.05. The van der Waals surface area contributed by atoms with Crippen LogP contribution in [0.4, 0.5) is 5.69 Å². The predicted molar refractivity (Wildman–Crippen MR) is 125 cm³/mol. The quantitative estimate of drug-likeness (QED) is 0.601. The Morgan fingerprint density at radius 3 is 2.20 bits per heavy atom. The molecule has 0 aliphatic carbocycles. The lowest BCUT2D eigenvalue weighted by Crippen LogP contribution is -2.52. The van der Waals surface area contributed by atoms with Crippen molar-refractivity contribution in [3.05, 3.63) is 64.7 Å². The molecule has 0 spiro atoms. The van der Waals surface area contributed by atoms with Gasteiger partial charge in [-0.25, -0.2) is 0 Å². The SMILES string of the molecule is CCc1ccc(CC(CC)(C(=O)c2ccc(N3CCOCC3)cc2C)N(C)C)cc1. The topological polar surface area (TPSA) is 32.8 Å². The highest BCUT2D eigenvalue weighted by Gasteiger charge is 2.40. The fourth-order valence-corrected chi connectivity index (χ4v) is 4.45. The maximum absolute atomic E-state index is 13.9. The molecule has 0 saturated carbocycles. The molecule has 1 saturated heterocycles. The van der Waals surface area contributed by atoms with Gasteiger partial charge in [-0.2, -0.15) is 0 Å². The number of ether oxygens (including phenoxy) is 1. The van der Waals surface area contributed by atoms with E-state index in [2.05, 4.69) is 67.0 Å². The summed E-state index contributed by atoms with van der Waals surface area (Å²) >= 11 is 0. The van der Waals surface area contributed by atoms with Gasteiger partial charge in [0.1, 0.15) is 0 Å². The molecule has 2 aromatic carbocycles. The summed E-state index contributed by atoms with van der Waals surface area (Å²) in [5, 5.41) is 0. The first-order chi connectivity index (χ1) is 14.4. The first-order valence-electron chi connectivity index (χ1n) is 11.1. The molecule has 1 aliphatic rings. The van der Waals surface area contributed by atoms with Crippen LogP contribution in [0.25, 0.3) is 0 Å². The largest absolute Gasteiger partial charge is 0.378 e. The van der Waals surface area contributed by atoms with E-state index in [0.29, 0.717) is 6.42 Å². The molecule has 1 aliphatic heterocycles. The Labute approximate surface area is 181 Å². The molecular formula is C26H36N2O2. The summed E-state index contributed by atoms with van der Waals surface area (Å²) in [4.78, 5) is 18.3. The zero-order chi connectivity index (χ0) is 21.7. The third kappa shape index (κ3) is 4.60. The highest BCUT2D eigenvalue weighted by Crippen LogP contribution is 2.30. The van der Waals surface area contributed by atoms with Gasteiger partial charge in [-0.05, 0) is 75.2 Å². The second kappa shape index (κ2) is 9.76. The summed E-state index contributed by atoms with van der Waals surface area (Å²) in [5.74, 6) is 0.209. The van der Waals surface area contributed by atoms with Crippen LogP contribution in [0.5, 0.6) is 0 Å². The molecular weight excluding hydrogens is 372 g/mol. The molecule has 4 nitrogen and oxygen atoms in total. The van der Waals surface area contributed by atoms with Gasteiger partial charge in [0, 0.05) is 24.3 Å². The highest BCUT2D eigenvalue weighted by molar-refractivity contribution is 6.04. The van der Waals surface area contributed by atoms with Crippen molar-refractivity contribution in [3.63, 3.8) is 0 Å². The Bertz CT molecular complexity index is 854. The van der Waals surface area contributed by atoms with Crippen LogP contribution in [0.3, 0.4) is 0 Å². The summed E-state index contributed by atoms with van der Waals surface area (Å²) in [6.45, 7) is 9.66. The number of carbonyl (C=O) groups excluding carboxylic acids is 1. The number of nitrogens with zero attached hydrogens (tertiary/aromatic N) is 2. The van der Waals surface area contributed by atoms with E-state index >= 15 is 0 Å². The average Bonchev–Trinajstić information content (AvgIpc) is 2.77. The van der Waals surface area contributed by atoms with Gasteiger partial charge in [-0.15, -0.1) is 0 Å². The summed E-state index contributed by atoms with van der Waals surface area (Å²) in [5.41, 5.74) is 5.02. The van der Waals surface area contributed by atoms with Gasteiger partial charge in [-0.1, -0.05) is 38.1 Å². The lowest BCUT2D eigenvalue weighted by molar-refractivity contribution is 0.0665. The molecule has 4 heteroatoms. The van der Waals surface area contributed by atoms with E-state index in [1.54, 1.807) is 0 Å². The van der Waals surface area contributed by atoms with E-state index in [1.807, 2.05) is 20.2 Å². The van der Waals surface area contributed by atoms with Gasteiger partial charge in [0.05, 0.1) is 18.8 Å². The number of ketones is 1. The van der Waals surface area contributed by atoms with Crippen molar-refractivity contribution in [3.8, 4) is 0 Å². The Hall–Kier alpha value is -2.17. The van der Waals surface area contributed by atoms with Gasteiger partial charge >= 0.3 is 0 Å². The molecule has 1 unspecified atom stereocenters. The van der Waals surface area contributed by atoms with Crippen LogP contribution in [0.1, 0.15) is 47.3 Å². The first-order valence-corrected chi connectivity index (χ1v) is 11.1. The third-order valence-corrected chi connectivity index (χ3v) is 6.62. The van der Waals surface area contributed by atoms with Crippen molar-refractivity contribution in [2.24, 2.45) is 0 Å². The Balaban J connectivity index is 1.90. The predicted octanol–water partition coefficient (Wildman–Crippen LogP) is 4.53. The van der Waals surface area contributed by atoms with E-state index in [-0.39, 0.29) is 5.78 Å². The Morgan fingerprint density at radius 2 is 1.67 bits per heavy atom. The minimum atomic E-state index is -0.557. The van der Waals surface area contributed by atoms with Crippen LogP contribution in [-0.2, 0) is 17.6 Å². The summed E-state index contributed by atoms with van der Waals surface area (Å²) < 4.78 is 5.47. The van der Waals surface area contributed by atoms with E-state index in [4.69, 9.17) is 4.74 Å². The average molecular weight is 409 g/mol. The lowest BCUT2D eigenvalue weighted by atomic mass is 9.79. The van der Waals surface area contributed by atoms with Gasteiger partial charge < -0.3 is 9.64 Å². The molecule has 0 bridgehead atoms. The maximum atomic E-state index is 13.9. The van der Waals surface area contributed by atoms with Crippen molar-refractivity contribution in [1.29, 1.82) is 0 Å². The molecule has 0 aromatic heterocycles. The molecule has 2 aromatic rings. The van der Waals surface area contributed by atoms with Gasteiger partial charge in [0.15, 0.2) is 5.78 Å². The van der Waals surface area contributed by atoms with Crippen LogP contribution in [0.2, 0.25) is 0 Å². The Kier molecular flexibility index (Phi) is 7.32. The normalized spacial score (nSPS) is 16.5. The standard InChI is InChI=1S/C26H36N2O2/c1-6-21-8-10-22(11-9-21)19-26(7-2,27(4)5)25(29)24-13-12-23(18-20(24)3)28-14-16-30-17-15-28/h8-13,18H,6-7,14-17,19H2,1-5H3. The number of likely N-dealkylation sites (N-methyl/N-ethyl adjacent to an activating group) is 1. The number of Topliss-reactive ketones (excluding diaryl/α,β-unsaturated/α-hetero) is 1. The summed E-state index contributed by atoms with van der Waals surface area (Å²) in [6, 6.07) is 15.0. The second-order valence-corrected chi connectivity index (χ2v) is 8.55. The van der Waals surface area contributed by atoms with E-state index in [0.717, 1.165) is 50.3 Å². The fourth-order valence-electron chi connectivity index (χ4n) is 4.45. The minimum absolute atomic E-state index is 0.209. The smallest absolute Gasteiger partial charge is 0.183 e. The van der Waals surface area contributed by atoms with E-state index in [9.17, 15) is 4.79 Å². The molecule has 0 N–H and O–H groups in total. The van der Waals surface area contributed by atoms with E-state index in [1.165, 1.54) is 16.8 Å².